The molecule has 0 spiro atoms. The lowest BCUT2D eigenvalue weighted by molar-refractivity contribution is 0.661. The first-order valence-electron chi connectivity index (χ1n) is 7.27. The van der Waals surface area contributed by atoms with Gasteiger partial charge in [-0.3, -0.25) is 4.98 Å². The summed E-state index contributed by atoms with van der Waals surface area (Å²) in [5.41, 5.74) is 3.53. The Morgan fingerprint density at radius 2 is 2.27 bits per heavy atom. The molecule has 0 aliphatic rings. The highest BCUT2D eigenvalue weighted by Crippen LogP contribution is 2.26. The molecule has 2 heterocycles. The van der Waals surface area contributed by atoms with Gasteiger partial charge < -0.3 is 9.88 Å². The summed E-state index contributed by atoms with van der Waals surface area (Å²) in [6.07, 6.45) is 8.13. The minimum absolute atomic E-state index is 0.582. The highest BCUT2D eigenvalue weighted by atomic mass is 15.0. The van der Waals surface area contributed by atoms with Crippen molar-refractivity contribution in [2.45, 2.75) is 19.9 Å². The van der Waals surface area contributed by atoms with E-state index in [0.717, 1.165) is 41.7 Å². The number of imidazole rings is 1. The van der Waals surface area contributed by atoms with Crippen LogP contribution in [0.3, 0.4) is 0 Å². The molecular weight excluding hydrogens is 274 g/mol. The van der Waals surface area contributed by atoms with E-state index in [0.29, 0.717) is 5.56 Å². The fourth-order valence-corrected chi connectivity index (χ4v) is 2.47. The molecule has 0 radical (unpaired) electrons. The lowest BCUT2D eigenvalue weighted by Crippen LogP contribution is -2.07. The number of nitrogens with one attached hydrogen (secondary N) is 1. The second-order valence-electron chi connectivity index (χ2n) is 5.26. The van der Waals surface area contributed by atoms with Gasteiger partial charge in [-0.2, -0.15) is 5.26 Å². The molecule has 0 atom stereocenters. The molecule has 5 nitrogen and oxygen atoms in total. The van der Waals surface area contributed by atoms with E-state index in [9.17, 15) is 5.26 Å². The monoisotopic (exact) mass is 291 g/mol. The van der Waals surface area contributed by atoms with Crippen LogP contribution in [0.5, 0.6) is 0 Å². The molecule has 0 amide bonds. The number of fused-ring (bicyclic) bond motifs is 1. The minimum atomic E-state index is 0.582. The summed E-state index contributed by atoms with van der Waals surface area (Å²) in [5.74, 6) is 0. The van der Waals surface area contributed by atoms with Crippen molar-refractivity contribution in [3.8, 4) is 6.07 Å². The Bertz CT molecular complexity index is 815. The number of benzene rings is 1. The molecule has 3 rings (SSSR count). The molecule has 3 aromatic rings. The summed E-state index contributed by atoms with van der Waals surface area (Å²) in [7, 11) is 0. The van der Waals surface area contributed by atoms with E-state index in [1.807, 2.05) is 42.2 Å². The van der Waals surface area contributed by atoms with Crippen LogP contribution in [0.4, 0.5) is 5.69 Å². The van der Waals surface area contributed by atoms with Gasteiger partial charge in [-0.25, -0.2) is 4.98 Å². The highest BCUT2D eigenvalue weighted by molar-refractivity contribution is 5.94. The van der Waals surface area contributed by atoms with E-state index < -0.39 is 0 Å². The summed E-state index contributed by atoms with van der Waals surface area (Å²) < 4.78 is 2.04. The number of pyridine rings is 1. The number of aryl methyl sites for hydroxylation is 2. The normalized spacial score (nSPS) is 10.5. The maximum absolute atomic E-state index is 9.30. The van der Waals surface area contributed by atoms with Gasteiger partial charge in [0.05, 0.1) is 23.1 Å². The molecule has 0 bridgehead atoms. The number of nitriles is 1. The molecule has 0 aliphatic heterocycles. The lowest BCUT2D eigenvalue weighted by Gasteiger charge is -2.12. The zero-order chi connectivity index (χ0) is 15.4. The van der Waals surface area contributed by atoms with Crippen molar-refractivity contribution in [3.63, 3.8) is 0 Å². The van der Waals surface area contributed by atoms with Crippen molar-refractivity contribution in [2.75, 3.05) is 11.9 Å². The van der Waals surface area contributed by atoms with Crippen molar-refractivity contribution in [1.82, 2.24) is 14.5 Å². The van der Waals surface area contributed by atoms with E-state index in [2.05, 4.69) is 21.4 Å². The standard InChI is InChI=1S/C17H17N5/c1-13-3-4-15-16(9-13)21-11-14(10-18)17(15)20-5-2-7-22-8-6-19-12-22/h3-4,6,8-9,11-12H,2,5,7H2,1H3,(H,20,21). The van der Waals surface area contributed by atoms with Gasteiger partial charge in [-0.15, -0.1) is 0 Å². The Labute approximate surface area is 129 Å². The molecular formula is C17H17N5. The van der Waals surface area contributed by atoms with Gasteiger partial charge in [0.1, 0.15) is 6.07 Å². The van der Waals surface area contributed by atoms with Crippen molar-refractivity contribution >= 4 is 16.6 Å². The molecule has 5 heteroatoms. The van der Waals surface area contributed by atoms with E-state index in [-0.39, 0.29) is 0 Å². The lowest BCUT2D eigenvalue weighted by atomic mass is 10.1. The third kappa shape index (κ3) is 2.91. The van der Waals surface area contributed by atoms with Gasteiger partial charge in [0.2, 0.25) is 0 Å². The molecule has 110 valence electrons. The molecule has 0 fully saturated rings. The second kappa shape index (κ2) is 6.27. The van der Waals surface area contributed by atoms with E-state index in [1.165, 1.54) is 0 Å². The first kappa shape index (κ1) is 14.1. The van der Waals surface area contributed by atoms with Crippen LogP contribution >= 0.6 is 0 Å². The van der Waals surface area contributed by atoms with Gasteiger partial charge in [0.25, 0.3) is 0 Å². The number of aromatic nitrogens is 3. The quantitative estimate of drug-likeness (QED) is 0.733. The fraction of sp³-hybridized carbons (Fsp3) is 0.235. The zero-order valence-electron chi connectivity index (χ0n) is 12.5. The summed E-state index contributed by atoms with van der Waals surface area (Å²) in [6, 6.07) is 8.32. The second-order valence-corrected chi connectivity index (χ2v) is 5.26. The summed E-state index contributed by atoms with van der Waals surface area (Å²) in [4.78, 5) is 8.39. The van der Waals surface area contributed by atoms with Gasteiger partial charge >= 0.3 is 0 Å². The molecule has 22 heavy (non-hydrogen) atoms. The van der Waals surface area contributed by atoms with Gasteiger partial charge in [0, 0.05) is 37.1 Å². The molecule has 1 aromatic carbocycles. The average Bonchev–Trinajstić information content (AvgIpc) is 3.04. The van der Waals surface area contributed by atoms with Gasteiger partial charge in [-0.1, -0.05) is 12.1 Å². The Morgan fingerprint density at radius 1 is 1.36 bits per heavy atom. The molecule has 2 aromatic heterocycles. The third-order valence-electron chi connectivity index (χ3n) is 3.60. The Kier molecular flexibility index (Phi) is 4.01. The Balaban J connectivity index is 1.78. The van der Waals surface area contributed by atoms with E-state index >= 15 is 0 Å². The third-order valence-corrected chi connectivity index (χ3v) is 3.60. The number of anilines is 1. The predicted molar refractivity (Wildman–Crippen MR) is 86.5 cm³/mol. The SMILES string of the molecule is Cc1ccc2c(NCCCn3ccnc3)c(C#N)cnc2c1. The highest BCUT2D eigenvalue weighted by Gasteiger charge is 2.08. The Hall–Kier alpha value is -2.87. The van der Waals surface area contributed by atoms with Crippen LogP contribution in [-0.2, 0) is 6.54 Å². The van der Waals surface area contributed by atoms with Crippen molar-refractivity contribution in [2.24, 2.45) is 0 Å². The van der Waals surface area contributed by atoms with Crippen LogP contribution in [-0.4, -0.2) is 21.1 Å². The molecule has 0 unspecified atom stereocenters. The minimum Gasteiger partial charge on any atom is -0.383 e. The number of hydrogen-bond donors (Lipinski definition) is 1. The maximum atomic E-state index is 9.30. The molecule has 0 saturated heterocycles. The Morgan fingerprint density at radius 3 is 3.05 bits per heavy atom. The van der Waals surface area contributed by atoms with E-state index in [4.69, 9.17) is 0 Å². The average molecular weight is 291 g/mol. The fourth-order valence-electron chi connectivity index (χ4n) is 2.47. The first-order chi connectivity index (χ1) is 10.8. The van der Waals surface area contributed by atoms with Gasteiger partial charge in [-0.05, 0) is 25.0 Å². The topological polar surface area (TPSA) is 66.5 Å². The van der Waals surface area contributed by atoms with Crippen LogP contribution in [0.15, 0.2) is 43.1 Å². The predicted octanol–water partition coefficient (Wildman–Crippen LogP) is 3.11. The van der Waals surface area contributed by atoms with E-state index in [1.54, 1.807) is 12.4 Å². The number of nitrogens with zero attached hydrogens (tertiary/aromatic N) is 4. The number of rotatable bonds is 5. The van der Waals surface area contributed by atoms with Crippen LogP contribution in [0, 0.1) is 18.3 Å². The van der Waals surface area contributed by atoms with Crippen LogP contribution in [0.2, 0.25) is 0 Å². The largest absolute Gasteiger partial charge is 0.383 e. The zero-order valence-corrected chi connectivity index (χ0v) is 12.5. The summed E-state index contributed by atoms with van der Waals surface area (Å²) in [6.45, 7) is 3.73. The van der Waals surface area contributed by atoms with Crippen molar-refractivity contribution < 1.29 is 0 Å². The number of hydrogen-bond acceptors (Lipinski definition) is 4. The van der Waals surface area contributed by atoms with Crippen LogP contribution in [0.25, 0.3) is 10.9 Å². The summed E-state index contributed by atoms with van der Waals surface area (Å²) >= 11 is 0. The molecule has 0 saturated carbocycles. The first-order valence-corrected chi connectivity index (χ1v) is 7.27. The van der Waals surface area contributed by atoms with Crippen molar-refractivity contribution in [1.29, 1.82) is 5.26 Å². The molecule has 0 aliphatic carbocycles. The van der Waals surface area contributed by atoms with Crippen LogP contribution < -0.4 is 5.32 Å². The van der Waals surface area contributed by atoms with Crippen LogP contribution in [0.1, 0.15) is 17.5 Å². The maximum Gasteiger partial charge on any atom is 0.103 e. The van der Waals surface area contributed by atoms with Crippen molar-refractivity contribution in [3.05, 3.63) is 54.2 Å². The smallest absolute Gasteiger partial charge is 0.103 e. The summed E-state index contributed by atoms with van der Waals surface area (Å²) in [5, 5.41) is 13.7. The molecule has 1 N–H and O–H groups in total. The van der Waals surface area contributed by atoms with Gasteiger partial charge in [0.15, 0.2) is 0 Å².